The lowest BCUT2D eigenvalue weighted by molar-refractivity contribution is 0.0688. The van der Waals surface area contributed by atoms with Gasteiger partial charge in [-0.25, -0.2) is 9.18 Å². The Morgan fingerprint density at radius 1 is 1.45 bits per heavy atom. The number of methoxy groups -OCH3 is 1. The molecule has 1 aliphatic rings. The molecule has 0 atom stereocenters. The van der Waals surface area contributed by atoms with Crippen LogP contribution in [0, 0.1) is 11.8 Å². The minimum Gasteiger partial charge on any atom is -0.493 e. The van der Waals surface area contributed by atoms with Crippen molar-refractivity contribution in [2.45, 2.75) is 18.9 Å². The minimum atomic E-state index is -1.72. The maximum atomic E-state index is 14.6. The van der Waals surface area contributed by atoms with Crippen LogP contribution in [0.5, 0.6) is 5.75 Å². The number of rotatable bonds is 3. The van der Waals surface area contributed by atoms with Crippen LogP contribution in [0.2, 0.25) is 0 Å². The molecule has 1 aliphatic carbocycles. The minimum absolute atomic E-state index is 0.0654. The van der Waals surface area contributed by atoms with Gasteiger partial charge in [-0.2, -0.15) is 4.39 Å². The molecule has 22 heavy (non-hydrogen) atoms. The van der Waals surface area contributed by atoms with Crippen LogP contribution in [0.25, 0.3) is 10.9 Å². The van der Waals surface area contributed by atoms with Crippen LogP contribution in [0.3, 0.4) is 0 Å². The summed E-state index contributed by atoms with van der Waals surface area (Å²) in [5.74, 6) is -3.73. The Labute approximate surface area is 131 Å². The summed E-state index contributed by atoms with van der Waals surface area (Å²) in [5, 5.41) is 8.61. The number of nitrogens with zero attached hydrogens (tertiary/aromatic N) is 1. The van der Waals surface area contributed by atoms with Crippen molar-refractivity contribution in [3.05, 3.63) is 38.1 Å². The lowest BCUT2D eigenvalue weighted by Crippen LogP contribution is -2.24. The van der Waals surface area contributed by atoms with Crippen LogP contribution in [-0.2, 0) is 0 Å². The van der Waals surface area contributed by atoms with Crippen molar-refractivity contribution in [3.63, 3.8) is 0 Å². The molecule has 2 aromatic rings. The molecule has 0 saturated heterocycles. The molecule has 1 fully saturated rings. The average molecular weight is 374 g/mol. The Kier molecular flexibility index (Phi) is 3.43. The maximum absolute atomic E-state index is 14.6. The Balaban J connectivity index is 2.63. The zero-order valence-corrected chi connectivity index (χ0v) is 12.9. The predicted octanol–water partition coefficient (Wildman–Crippen LogP) is 3.08. The van der Waals surface area contributed by atoms with Crippen molar-refractivity contribution in [2.24, 2.45) is 0 Å². The van der Waals surface area contributed by atoms with Gasteiger partial charge in [-0.15, -0.1) is 0 Å². The number of ether oxygens (including phenoxy) is 1. The third-order valence-electron chi connectivity index (χ3n) is 3.60. The zero-order chi connectivity index (χ0) is 16.2. The van der Waals surface area contributed by atoms with Gasteiger partial charge < -0.3 is 14.4 Å². The highest BCUT2D eigenvalue weighted by Crippen LogP contribution is 2.43. The van der Waals surface area contributed by atoms with E-state index in [1.165, 1.54) is 7.11 Å². The third-order valence-corrected chi connectivity index (χ3v) is 4.19. The summed E-state index contributed by atoms with van der Waals surface area (Å²) in [6.07, 6.45) is 1.23. The molecular weight excluding hydrogens is 364 g/mol. The molecule has 0 unspecified atom stereocenters. The maximum Gasteiger partial charge on any atom is 0.344 e. The molecule has 0 spiro atoms. The summed E-state index contributed by atoms with van der Waals surface area (Å²) in [4.78, 5) is 23.4. The first-order chi connectivity index (χ1) is 10.4. The van der Waals surface area contributed by atoms with E-state index in [-0.39, 0.29) is 21.8 Å². The summed E-state index contributed by atoms with van der Waals surface area (Å²) in [5.41, 5.74) is -2.31. The van der Waals surface area contributed by atoms with Crippen LogP contribution >= 0.6 is 15.9 Å². The van der Waals surface area contributed by atoms with Crippen molar-refractivity contribution in [2.75, 3.05) is 7.11 Å². The van der Waals surface area contributed by atoms with E-state index in [9.17, 15) is 18.4 Å². The third kappa shape index (κ3) is 2.01. The molecule has 3 rings (SSSR count). The standard InChI is InChI=1S/C14H10BrF2NO4/c1-22-12-6(15)4-7(16)8-10(12)18(5-2-3-5)13(17)9(11(8)19)14(20)21/h4-5H,2-3H2,1H3,(H,20,21). The van der Waals surface area contributed by atoms with E-state index in [1.54, 1.807) is 0 Å². The molecule has 0 radical (unpaired) electrons. The second kappa shape index (κ2) is 5.05. The van der Waals surface area contributed by atoms with E-state index < -0.39 is 34.1 Å². The van der Waals surface area contributed by atoms with Crippen molar-refractivity contribution in [1.82, 2.24) is 4.57 Å². The SMILES string of the molecule is COc1c(Br)cc(F)c2c(=O)c(C(=O)O)c(F)n(C3CC3)c12. The van der Waals surface area contributed by atoms with Crippen molar-refractivity contribution in [3.8, 4) is 5.75 Å². The van der Waals surface area contributed by atoms with E-state index in [1.807, 2.05) is 0 Å². The van der Waals surface area contributed by atoms with Crippen molar-refractivity contribution < 1.29 is 23.4 Å². The highest BCUT2D eigenvalue weighted by atomic mass is 79.9. The van der Waals surface area contributed by atoms with Gasteiger partial charge in [0, 0.05) is 6.04 Å². The molecule has 5 nitrogen and oxygen atoms in total. The smallest absolute Gasteiger partial charge is 0.344 e. The zero-order valence-electron chi connectivity index (χ0n) is 11.3. The van der Waals surface area contributed by atoms with Crippen LogP contribution in [0.1, 0.15) is 29.2 Å². The molecule has 0 amide bonds. The fourth-order valence-corrected chi connectivity index (χ4v) is 3.08. The van der Waals surface area contributed by atoms with Crippen LogP contribution in [0.4, 0.5) is 8.78 Å². The number of carboxylic acids is 1. The summed E-state index contributed by atoms with van der Waals surface area (Å²) >= 11 is 3.11. The molecule has 1 heterocycles. The first kappa shape index (κ1) is 15.0. The van der Waals surface area contributed by atoms with E-state index >= 15 is 0 Å². The van der Waals surface area contributed by atoms with Gasteiger partial charge in [-0.05, 0) is 34.8 Å². The van der Waals surface area contributed by atoms with Gasteiger partial charge in [-0.3, -0.25) is 4.79 Å². The molecular formula is C14H10BrF2NO4. The van der Waals surface area contributed by atoms with E-state index in [4.69, 9.17) is 9.84 Å². The normalized spacial score (nSPS) is 14.4. The molecule has 8 heteroatoms. The van der Waals surface area contributed by atoms with Gasteiger partial charge in [0.25, 0.3) is 0 Å². The Morgan fingerprint density at radius 3 is 2.59 bits per heavy atom. The van der Waals surface area contributed by atoms with Gasteiger partial charge in [0.05, 0.1) is 17.0 Å². The number of hydrogen-bond acceptors (Lipinski definition) is 3. The Morgan fingerprint density at radius 2 is 2.09 bits per heavy atom. The number of halogens is 3. The summed E-state index contributed by atoms with van der Waals surface area (Å²) in [6.45, 7) is 0. The summed E-state index contributed by atoms with van der Waals surface area (Å²) in [6, 6.07) is 0.687. The van der Waals surface area contributed by atoms with Crippen molar-refractivity contribution in [1.29, 1.82) is 0 Å². The Hall–Kier alpha value is -1.96. The van der Waals surface area contributed by atoms with Gasteiger partial charge in [0.15, 0.2) is 11.3 Å². The van der Waals surface area contributed by atoms with Gasteiger partial charge in [0.2, 0.25) is 11.4 Å². The number of hydrogen-bond donors (Lipinski definition) is 1. The molecule has 0 aliphatic heterocycles. The number of aromatic nitrogens is 1. The Bertz CT molecular complexity index is 874. The van der Waals surface area contributed by atoms with E-state index in [2.05, 4.69) is 15.9 Å². The number of benzene rings is 1. The van der Waals surface area contributed by atoms with Crippen LogP contribution in [-0.4, -0.2) is 22.8 Å². The van der Waals surface area contributed by atoms with E-state index in [0.717, 1.165) is 10.6 Å². The lowest BCUT2D eigenvalue weighted by atomic mass is 10.1. The molecule has 1 aromatic carbocycles. The fraction of sp³-hybridized carbons (Fsp3) is 0.286. The number of carbonyl (C=O) groups is 1. The molecule has 116 valence electrons. The second-order valence-electron chi connectivity index (χ2n) is 5.00. The highest BCUT2D eigenvalue weighted by Gasteiger charge is 2.34. The van der Waals surface area contributed by atoms with Crippen LogP contribution < -0.4 is 10.2 Å². The molecule has 1 aromatic heterocycles. The first-order valence-corrected chi connectivity index (χ1v) is 7.20. The first-order valence-electron chi connectivity index (χ1n) is 6.41. The van der Waals surface area contributed by atoms with Gasteiger partial charge >= 0.3 is 5.97 Å². The lowest BCUT2D eigenvalue weighted by Gasteiger charge is -2.17. The number of carboxylic acid groups (broad SMARTS) is 1. The van der Waals surface area contributed by atoms with E-state index in [0.29, 0.717) is 12.8 Å². The molecule has 1 N–H and O–H groups in total. The van der Waals surface area contributed by atoms with Crippen LogP contribution in [0.15, 0.2) is 15.3 Å². The average Bonchev–Trinajstić information content (AvgIpc) is 3.22. The summed E-state index contributed by atoms with van der Waals surface area (Å²) < 4.78 is 35.2. The van der Waals surface area contributed by atoms with Crippen molar-refractivity contribution >= 4 is 32.8 Å². The predicted molar refractivity (Wildman–Crippen MR) is 77.6 cm³/mol. The topological polar surface area (TPSA) is 68.5 Å². The van der Waals surface area contributed by atoms with Gasteiger partial charge in [0.1, 0.15) is 11.3 Å². The number of pyridine rings is 1. The number of fused-ring (bicyclic) bond motifs is 1. The largest absolute Gasteiger partial charge is 0.493 e. The monoisotopic (exact) mass is 373 g/mol. The fourth-order valence-electron chi connectivity index (χ4n) is 2.53. The quantitative estimate of drug-likeness (QED) is 0.839. The summed E-state index contributed by atoms with van der Waals surface area (Å²) in [7, 11) is 1.31. The molecule has 0 bridgehead atoms. The second-order valence-corrected chi connectivity index (χ2v) is 5.85. The van der Waals surface area contributed by atoms with Gasteiger partial charge in [-0.1, -0.05) is 0 Å². The number of aromatic carboxylic acids is 1. The molecule has 1 saturated carbocycles. The highest BCUT2D eigenvalue weighted by molar-refractivity contribution is 9.10.